The third kappa shape index (κ3) is 6.90. The number of aromatic nitrogens is 2. The van der Waals surface area contributed by atoms with E-state index in [4.69, 9.17) is 4.52 Å². The third-order valence-electron chi connectivity index (χ3n) is 3.02. The van der Waals surface area contributed by atoms with Crippen molar-refractivity contribution >= 4 is 0 Å². The van der Waals surface area contributed by atoms with Gasteiger partial charge in [0.25, 0.3) is 0 Å². The van der Waals surface area contributed by atoms with E-state index in [-0.39, 0.29) is 24.5 Å². The highest BCUT2D eigenvalue weighted by Crippen LogP contribution is 2.21. The first-order valence-electron chi connectivity index (χ1n) is 6.75. The van der Waals surface area contributed by atoms with Gasteiger partial charge in [-0.05, 0) is 12.5 Å². The normalized spacial score (nSPS) is 14.4. The molecule has 0 saturated carbocycles. The number of alkyl halides is 3. The average molecular weight is 309 g/mol. The Morgan fingerprint density at radius 3 is 2.48 bits per heavy atom. The molecule has 1 N–H and O–H groups in total. The van der Waals surface area contributed by atoms with E-state index in [0.717, 1.165) is 0 Å². The van der Waals surface area contributed by atoms with Gasteiger partial charge in [-0.25, -0.2) is 0 Å². The van der Waals surface area contributed by atoms with Crippen LogP contribution in [-0.4, -0.2) is 42.6 Å². The summed E-state index contributed by atoms with van der Waals surface area (Å²) in [5.41, 5.74) is 0.0270. The molecule has 5 nitrogen and oxygen atoms in total. The first-order valence-corrected chi connectivity index (χ1v) is 6.75. The maximum Gasteiger partial charge on any atom is 0.411 e. The van der Waals surface area contributed by atoms with Crippen LogP contribution in [0.3, 0.4) is 0 Å². The molecule has 0 saturated heterocycles. The molecular formula is C13H22F3N3O2. The van der Waals surface area contributed by atoms with Gasteiger partial charge in [-0.1, -0.05) is 25.9 Å². The number of hydrogen-bond donors (Lipinski definition) is 1. The maximum atomic E-state index is 11.9. The first-order chi connectivity index (χ1) is 9.62. The number of nitrogens with zero attached hydrogens (tertiary/aromatic N) is 2. The molecule has 0 aliphatic heterocycles. The molecule has 1 rings (SSSR count). The Morgan fingerprint density at radius 1 is 1.29 bits per heavy atom. The molecule has 1 atom stereocenters. The minimum atomic E-state index is -4.31. The quantitative estimate of drug-likeness (QED) is 0.784. The van der Waals surface area contributed by atoms with Gasteiger partial charge >= 0.3 is 6.18 Å². The van der Waals surface area contributed by atoms with Crippen molar-refractivity contribution in [2.24, 2.45) is 5.41 Å². The topological polar surface area (TPSA) is 60.2 Å². The standard InChI is InChI=1S/C13H22F3N3O2/c1-12(2,3)9(17-4)7-11-18-10(19-21-11)5-6-20-8-13(14,15)16/h9,17H,5-8H2,1-4H3. The molecule has 1 heterocycles. The molecule has 0 bridgehead atoms. The molecule has 0 aliphatic carbocycles. The second-order valence-electron chi connectivity index (χ2n) is 5.93. The summed E-state index contributed by atoms with van der Waals surface area (Å²) in [4.78, 5) is 4.17. The van der Waals surface area contributed by atoms with Crippen molar-refractivity contribution in [3.63, 3.8) is 0 Å². The summed E-state index contributed by atoms with van der Waals surface area (Å²) >= 11 is 0. The highest BCUT2D eigenvalue weighted by Gasteiger charge is 2.27. The summed E-state index contributed by atoms with van der Waals surface area (Å²) in [7, 11) is 1.86. The minimum absolute atomic E-state index is 0.0270. The molecule has 0 aliphatic rings. The zero-order valence-electron chi connectivity index (χ0n) is 12.8. The van der Waals surface area contributed by atoms with Gasteiger partial charge in [0.2, 0.25) is 5.89 Å². The average Bonchev–Trinajstić information content (AvgIpc) is 2.77. The van der Waals surface area contributed by atoms with E-state index in [0.29, 0.717) is 18.1 Å². The van der Waals surface area contributed by atoms with Crippen molar-refractivity contribution in [3.05, 3.63) is 11.7 Å². The van der Waals surface area contributed by atoms with E-state index in [9.17, 15) is 13.2 Å². The van der Waals surface area contributed by atoms with E-state index in [1.54, 1.807) is 0 Å². The Balaban J connectivity index is 2.43. The van der Waals surface area contributed by atoms with Crippen LogP contribution < -0.4 is 5.32 Å². The number of halogens is 3. The largest absolute Gasteiger partial charge is 0.411 e. The van der Waals surface area contributed by atoms with Crippen LogP contribution in [0.25, 0.3) is 0 Å². The van der Waals surface area contributed by atoms with E-state index in [2.05, 4.69) is 41.0 Å². The third-order valence-corrected chi connectivity index (χ3v) is 3.02. The Bertz CT molecular complexity index is 427. The lowest BCUT2D eigenvalue weighted by molar-refractivity contribution is -0.173. The van der Waals surface area contributed by atoms with Gasteiger partial charge in [0, 0.05) is 18.9 Å². The van der Waals surface area contributed by atoms with E-state index >= 15 is 0 Å². The van der Waals surface area contributed by atoms with Crippen LogP contribution in [0.15, 0.2) is 4.52 Å². The second-order valence-corrected chi connectivity index (χ2v) is 5.93. The molecule has 0 fully saturated rings. The monoisotopic (exact) mass is 309 g/mol. The number of nitrogens with one attached hydrogen (secondary N) is 1. The van der Waals surface area contributed by atoms with Gasteiger partial charge in [0.1, 0.15) is 6.61 Å². The first kappa shape index (κ1) is 17.9. The van der Waals surface area contributed by atoms with Gasteiger partial charge in [0.15, 0.2) is 5.82 Å². The molecule has 0 aromatic carbocycles. The highest BCUT2D eigenvalue weighted by molar-refractivity contribution is 4.93. The fourth-order valence-electron chi connectivity index (χ4n) is 1.84. The molecule has 0 amide bonds. The van der Waals surface area contributed by atoms with Crippen molar-refractivity contribution in [2.45, 2.75) is 45.8 Å². The smallest absolute Gasteiger partial charge is 0.372 e. The lowest BCUT2D eigenvalue weighted by Crippen LogP contribution is -2.39. The predicted octanol–water partition coefficient (Wildman–Crippen LogP) is 2.37. The van der Waals surface area contributed by atoms with Gasteiger partial charge in [0.05, 0.1) is 6.61 Å². The van der Waals surface area contributed by atoms with E-state index in [1.807, 2.05) is 7.05 Å². The summed E-state index contributed by atoms with van der Waals surface area (Å²) in [6.45, 7) is 4.93. The van der Waals surface area contributed by atoms with Gasteiger partial charge in [-0.3, -0.25) is 0 Å². The van der Waals surface area contributed by atoms with Gasteiger partial charge in [-0.15, -0.1) is 0 Å². The molecule has 1 unspecified atom stereocenters. The fraction of sp³-hybridized carbons (Fsp3) is 0.846. The molecule has 1 aromatic rings. The number of ether oxygens (including phenoxy) is 1. The molecular weight excluding hydrogens is 287 g/mol. The Labute approximate surface area is 122 Å². The van der Waals surface area contributed by atoms with Crippen molar-refractivity contribution < 1.29 is 22.4 Å². The predicted molar refractivity (Wildman–Crippen MR) is 70.9 cm³/mol. The zero-order chi connectivity index (χ0) is 16.1. The van der Waals surface area contributed by atoms with Crippen LogP contribution >= 0.6 is 0 Å². The van der Waals surface area contributed by atoms with Crippen molar-refractivity contribution in [2.75, 3.05) is 20.3 Å². The van der Waals surface area contributed by atoms with Crippen LogP contribution in [0.5, 0.6) is 0 Å². The summed E-state index contributed by atoms with van der Waals surface area (Å²) in [5.74, 6) is 0.825. The zero-order valence-corrected chi connectivity index (χ0v) is 12.8. The molecule has 122 valence electrons. The van der Waals surface area contributed by atoms with Crippen LogP contribution in [0.2, 0.25) is 0 Å². The van der Waals surface area contributed by atoms with Crippen LogP contribution in [0.1, 0.15) is 32.5 Å². The maximum absolute atomic E-state index is 11.9. The Morgan fingerprint density at radius 2 is 1.95 bits per heavy atom. The molecule has 8 heteroatoms. The minimum Gasteiger partial charge on any atom is -0.372 e. The molecule has 21 heavy (non-hydrogen) atoms. The molecule has 0 radical (unpaired) electrons. The Kier molecular flexibility index (Phi) is 6.15. The number of rotatable bonds is 7. The summed E-state index contributed by atoms with van der Waals surface area (Å²) < 4.78 is 45.3. The van der Waals surface area contributed by atoms with Crippen molar-refractivity contribution in [1.82, 2.24) is 15.5 Å². The summed E-state index contributed by atoms with van der Waals surface area (Å²) in [6.07, 6.45) is -3.55. The Hall–Kier alpha value is -1.15. The van der Waals surface area contributed by atoms with Crippen molar-refractivity contribution in [3.8, 4) is 0 Å². The van der Waals surface area contributed by atoms with E-state index < -0.39 is 12.8 Å². The molecule has 0 spiro atoms. The van der Waals surface area contributed by atoms with Crippen LogP contribution in [0.4, 0.5) is 13.2 Å². The SMILES string of the molecule is CNC(Cc1nc(CCOCC(F)(F)F)no1)C(C)(C)C. The summed E-state index contributed by atoms with van der Waals surface area (Å²) in [6, 6.07) is 0.160. The highest BCUT2D eigenvalue weighted by atomic mass is 19.4. The molecule has 1 aromatic heterocycles. The number of likely N-dealkylation sites (N-methyl/N-ethyl adjacent to an activating group) is 1. The van der Waals surface area contributed by atoms with Crippen LogP contribution in [-0.2, 0) is 17.6 Å². The lowest BCUT2D eigenvalue weighted by atomic mass is 9.85. The summed E-state index contributed by atoms with van der Waals surface area (Å²) in [5, 5.41) is 6.94. The fourth-order valence-corrected chi connectivity index (χ4v) is 1.84. The van der Waals surface area contributed by atoms with E-state index in [1.165, 1.54) is 0 Å². The van der Waals surface area contributed by atoms with Crippen molar-refractivity contribution in [1.29, 1.82) is 0 Å². The number of hydrogen-bond acceptors (Lipinski definition) is 5. The van der Waals surface area contributed by atoms with Gasteiger partial charge < -0.3 is 14.6 Å². The lowest BCUT2D eigenvalue weighted by Gasteiger charge is -2.29. The van der Waals surface area contributed by atoms with Gasteiger partial charge in [-0.2, -0.15) is 18.2 Å². The van der Waals surface area contributed by atoms with Crippen LogP contribution in [0, 0.1) is 5.41 Å². The second kappa shape index (κ2) is 7.22.